The van der Waals surface area contributed by atoms with E-state index in [-0.39, 0.29) is 6.42 Å². The van der Waals surface area contributed by atoms with Gasteiger partial charge in [-0.25, -0.2) is 8.78 Å². The Morgan fingerprint density at radius 1 is 1.00 bits per heavy atom. The summed E-state index contributed by atoms with van der Waals surface area (Å²) < 4.78 is 27.6. The molecule has 0 fully saturated rings. The zero-order chi connectivity index (χ0) is 18.0. The first-order valence-electron chi connectivity index (χ1n) is 7.63. The van der Waals surface area contributed by atoms with Crippen LogP contribution < -0.4 is 0 Å². The molecule has 2 nitrogen and oxygen atoms in total. The second-order valence-electron chi connectivity index (χ2n) is 5.66. The predicted octanol–water partition coefficient (Wildman–Crippen LogP) is 5.40. The van der Waals surface area contributed by atoms with Crippen LogP contribution in [0.25, 0.3) is 22.3 Å². The molecule has 3 aromatic rings. The average molecular weight is 358 g/mol. The minimum Gasteiger partial charge on any atom is -0.303 e. The van der Waals surface area contributed by atoms with Crippen molar-refractivity contribution in [2.24, 2.45) is 0 Å². The first kappa shape index (κ1) is 17.2. The van der Waals surface area contributed by atoms with Crippen molar-refractivity contribution in [3.05, 3.63) is 76.6 Å². The van der Waals surface area contributed by atoms with Gasteiger partial charge in [0.1, 0.15) is 17.9 Å². The van der Waals surface area contributed by atoms with Crippen LogP contribution in [-0.4, -0.2) is 11.3 Å². The maximum absolute atomic E-state index is 13.8. The van der Waals surface area contributed by atoms with Gasteiger partial charge in [-0.05, 0) is 70.6 Å². The minimum absolute atomic E-state index is 0.0888. The van der Waals surface area contributed by atoms with E-state index in [2.05, 4.69) is 4.98 Å². The lowest BCUT2D eigenvalue weighted by molar-refractivity contribution is -0.107. The standard InChI is InChI=1S/C20H14ClF2NO/c1-12-18(21)10-14(4-7-25)20(15-8-16(22)11-17(23)9-15)19(12)13-2-5-24-6-3-13/h2-3,5-11H,4H2,1H3. The van der Waals surface area contributed by atoms with E-state index in [1.165, 1.54) is 12.1 Å². The fourth-order valence-corrected chi connectivity index (χ4v) is 3.19. The number of nitrogens with zero attached hydrogens (tertiary/aromatic N) is 1. The Morgan fingerprint density at radius 3 is 2.24 bits per heavy atom. The number of pyridine rings is 1. The molecule has 0 unspecified atom stereocenters. The van der Waals surface area contributed by atoms with Crippen LogP contribution in [0.1, 0.15) is 11.1 Å². The number of rotatable bonds is 4. The SMILES string of the molecule is Cc1c(Cl)cc(CC=O)c(-c2cc(F)cc(F)c2)c1-c1ccncc1. The van der Waals surface area contributed by atoms with Crippen LogP contribution in [0.5, 0.6) is 0 Å². The Hall–Kier alpha value is -2.59. The quantitative estimate of drug-likeness (QED) is 0.585. The first-order valence-corrected chi connectivity index (χ1v) is 8.01. The van der Waals surface area contributed by atoms with Gasteiger partial charge >= 0.3 is 0 Å². The van der Waals surface area contributed by atoms with Crippen molar-refractivity contribution in [3.63, 3.8) is 0 Å². The Balaban J connectivity index is 2.41. The van der Waals surface area contributed by atoms with Gasteiger partial charge in [0.15, 0.2) is 0 Å². The Morgan fingerprint density at radius 2 is 1.64 bits per heavy atom. The summed E-state index contributed by atoms with van der Waals surface area (Å²) in [5, 5.41) is 0.490. The summed E-state index contributed by atoms with van der Waals surface area (Å²) in [6.45, 7) is 1.84. The molecule has 126 valence electrons. The number of hydrogen-bond donors (Lipinski definition) is 0. The van der Waals surface area contributed by atoms with Crippen LogP contribution >= 0.6 is 11.6 Å². The molecule has 0 spiro atoms. The first-order chi connectivity index (χ1) is 12.0. The molecule has 1 aromatic heterocycles. The highest BCUT2D eigenvalue weighted by atomic mass is 35.5. The molecule has 0 aliphatic heterocycles. The van der Waals surface area contributed by atoms with E-state index in [4.69, 9.17) is 11.6 Å². The summed E-state index contributed by atoms with van der Waals surface area (Å²) in [6.07, 6.45) is 4.10. The maximum Gasteiger partial charge on any atom is 0.126 e. The van der Waals surface area contributed by atoms with Gasteiger partial charge in [-0.15, -0.1) is 0 Å². The van der Waals surface area contributed by atoms with E-state index < -0.39 is 11.6 Å². The minimum atomic E-state index is -0.680. The van der Waals surface area contributed by atoms with E-state index in [0.717, 1.165) is 29.0 Å². The molecule has 0 radical (unpaired) electrons. The lowest BCUT2D eigenvalue weighted by Gasteiger charge is -2.19. The van der Waals surface area contributed by atoms with E-state index in [0.29, 0.717) is 21.7 Å². The molecule has 0 N–H and O–H groups in total. The number of aldehydes is 1. The van der Waals surface area contributed by atoms with Crippen molar-refractivity contribution in [1.29, 1.82) is 0 Å². The van der Waals surface area contributed by atoms with Crippen molar-refractivity contribution in [1.82, 2.24) is 4.98 Å². The molecule has 25 heavy (non-hydrogen) atoms. The lowest BCUT2D eigenvalue weighted by Crippen LogP contribution is -1.99. The van der Waals surface area contributed by atoms with Gasteiger partial charge in [0.05, 0.1) is 0 Å². The Bertz CT molecular complexity index is 922. The van der Waals surface area contributed by atoms with Crippen LogP contribution in [0.2, 0.25) is 5.02 Å². The van der Waals surface area contributed by atoms with Gasteiger partial charge in [0.25, 0.3) is 0 Å². The fourth-order valence-electron chi connectivity index (χ4n) is 2.96. The molecule has 0 atom stereocenters. The summed E-state index contributed by atoms with van der Waals surface area (Å²) in [5.74, 6) is -1.36. The van der Waals surface area contributed by atoms with E-state index in [1.807, 2.05) is 6.92 Å². The third-order valence-corrected chi connectivity index (χ3v) is 4.42. The summed E-state index contributed by atoms with van der Waals surface area (Å²) in [4.78, 5) is 15.1. The number of halogens is 3. The van der Waals surface area contributed by atoms with Gasteiger partial charge in [-0.2, -0.15) is 0 Å². The molecule has 5 heteroatoms. The normalized spacial score (nSPS) is 10.7. The topological polar surface area (TPSA) is 30.0 Å². The number of carbonyl (C=O) groups excluding carboxylic acids is 1. The number of benzene rings is 2. The van der Waals surface area contributed by atoms with Crippen molar-refractivity contribution in [2.45, 2.75) is 13.3 Å². The zero-order valence-corrected chi connectivity index (χ0v) is 14.1. The van der Waals surface area contributed by atoms with Crippen molar-refractivity contribution < 1.29 is 13.6 Å². The molecule has 0 saturated heterocycles. The van der Waals surface area contributed by atoms with Crippen LogP contribution in [0.15, 0.2) is 48.8 Å². The van der Waals surface area contributed by atoms with Gasteiger partial charge in [-0.3, -0.25) is 4.98 Å². The molecule has 0 aliphatic carbocycles. The number of carbonyl (C=O) groups is 1. The molecule has 0 bridgehead atoms. The van der Waals surface area contributed by atoms with Crippen molar-refractivity contribution >= 4 is 17.9 Å². The summed E-state index contributed by atoms with van der Waals surface area (Å²) in [7, 11) is 0. The Kier molecular flexibility index (Phi) is 4.91. The van der Waals surface area contributed by atoms with Gasteiger partial charge in [-0.1, -0.05) is 11.6 Å². The van der Waals surface area contributed by atoms with E-state index in [1.54, 1.807) is 30.6 Å². The highest BCUT2D eigenvalue weighted by molar-refractivity contribution is 6.32. The molecular formula is C20H14ClF2NO. The third kappa shape index (κ3) is 3.44. The highest BCUT2D eigenvalue weighted by Crippen LogP contribution is 2.41. The molecule has 3 rings (SSSR count). The maximum atomic E-state index is 13.8. The van der Waals surface area contributed by atoms with E-state index >= 15 is 0 Å². The second kappa shape index (κ2) is 7.11. The van der Waals surface area contributed by atoms with Crippen molar-refractivity contribution in [2.75, 3.05) is 0 Å². The average Bonchev–Trinajstić information content (AvgIpc) is 2.57. The zero-order valence-electron chi connectivity index (χ0n) is 13.4. The van der Waals surface area contributed by atoms with Crippen LogP contribution in [0.4, 0.5) is 8.78 Å². The van der Waals surface area contributed by atoms with Crippen LogP contribution in [0, 0.1) is 18.6 Å². The van der Waals surface area contributed by atoms with Crippen LogP contribution in [-0.2, 0) is 11.2 Å². The number of hydrogen-bond acceptors (Lipinski definition) is 2. The predicted molar refractivity (Wildman–Crippen MR) is 94.5 cm³/mol. The largest absolute Gasteiger partial charge is 0.303 e. The van der Waals surface area contributed by atoms with Crippen molar-refractivity contribution in [3.8, 4) is 22.3 Å². The third-order valence-electron chi connectivity index (χ3n) is 4.03. The summed E-state index contributed by atoms with van der Waals surface area (Å²) in [5.41, 5.74) is 3.88. The molecule has 2 aromatic carbocycles. The molecule has 1 heterocycles. The second-order valence-corrected chi connectivity index (χ2v) is 6.06. The number of aromatic nitrogens is 1. The molecule has 0 saturated carbocycles. The van der Waals surface area contributed by atoms with E-state index in [9.17, 15) is 13.6 Å². The lowest BCUT2D eigenvalue weighted by atomic mass is 9.86. The summed E-state index contributed by atoms with van der Waals surface area (Å²) in [6, 6.07) is 8.59. The van der Waals surface area contributed by atoms with Gasteiger partial charge in [0, 0.05) is 29.9 Å². The van der Waals surface area contributed by atoms with Gasteiger partial charge in [0.2, 0.25) is 0 Å². The monoisotopic (exact) mass is 357 g/mol. The fraction of sp³-hybridized carbons (Fsp3) is 0.100. The molecule has 0 aliphatic rings. The molecular weight excluding hydrogens is 344 g/mol. The van der Waals surface area contributed by atoms with Gasteiger partial charge < -0.3 is 4.79 Å². The summed E-state index contributed by atoms with van der Waals surface area (Å²) >= 11 is 6.35. The highest BCUT2D eigenvalue weighted by Gasteiger charge is 2.19. The van der Waals surface area contributed by atoms with Crippen LogP contribution in [0.3, 0.4) is 0 Å². The smallest absolute Gasteiger partial charge is 0.126 e. The Labute approximate surface area is 149 Å². The molecule has 0 amide bonds.